The number of aromatic nitrogens is 1. The molecule has 2 N–H and O–H groups in total. The molecular weight excluding hydrogens is 630 g/mol. The van der Waals surface area contributed by atoms with Crippen LogP contribution in [0.5, 0.6) is 17.2 Å². The van der Waals surface area contributed by atoms with E-state index in [0.717, 1.165) is 45.6 Å². The quantitative estimate of drug-likeness (QED) is 0.227. The van der Waals surface area contributed by atoms with E-state index in [0.29, 0.717) is 13.2 Å². The van der Waals surface area contributed by atoms with Crippen molar-refractivity contribution in [3.63, 3.8) is 0 Å². The van der Waals surface area contributed by atoms with Crippen molar-refractivity contribution >= 4 is 29.5 Å². The van der Waals surface area contributed by atoms with Crippen LogP contribution in [0.1, 0.15) is 11.1 Å². The molecule has 4 aromatic rings. The van der Waals surface area contributed by atoms with E-state index >= 15 is 0 Å². The van der Waals surface area contributed by atoms with Crippen LogP contribution in [0.15, 0.2) is 66.7 Å². The van der Waals surface area contributed by atoms with E-state index in [4.69, 9.17) is 4.74 Å². The second-order valence-electron chi connectivity index (χ2n) is 7.69. The number of aromatic hydroxyl groups is 2. The molecule has 3 aromatic carbocycles. The number of phenolic OH excluding ortho intramolecular Hbond substituents is 2. The van der Waals surface area contributed by atoms with Crippen LogP contribution in [0.3, 0.4) is 0 Å². The predicted octanol–water partition coefficient (Wildman–Crippen LogP) is 2.74. The average molecular weight is 655 g/mol. The number of aryl methyl sites for hydroxylation is 1. The Bertz CT molecular complexity index is 1200. The van der Waals surface area contributed by atoms with Gasteiger partial charge in [-0.1, -0.05) is 0 Å². The zero-order chi connectivity index (χ0) is 22.7. The van der Waals surface area contributed by atoms with Crippen LogP contribution >= 0.6 is 18.6 Å². The van der Waals surface area contributed by atoms with Crippen LogP contribution < -0.4 is 22.2 Å². The summed E-state index contributed by atoms with van der Waals surface area (Å²) < 4.78 is 10.5. The van der Waals surface area contributed by atoms with Gasteiger partial charge in [-0.15, -0.1) is 0 Å². The molecule has 0 saturated carbocycles. The Hall–Kier alpha value is -1.98. The van der Waals surface area contributed by atoms with Crippen molar-refractivity contribution in [1.29, 1.82) is 0 Å². The number of phenols is 2. The number of hydrogen-bond donors (Lipinski definition) is 2. The first-order chi connectivity index (χ1) is 15.5. The van der Waals surface area contributed by atoms with Gasteiger partial charge in [0.25, 0.3) is 0 Å². The minimum Gasteiger partial charge on any atom is -0.508 e. The zero-order valence-corrected chi connectivity index (χ0v) is 22.2. The van der Waals surface area contributed by atoms with Crippen LogP contribution in [0.2, 0.25) is 0 Å². The molecule has 0 atom stereocenters. The molecule has 0 fully saturated rings. The molecule has 0 aliphatic carbocycles. The third-order valence-corrected chi connectivity index (χ3v) is 10.8. The summed E-state index contributed by atoms with van der Waals surface area (Å²) in [6.07, 6.45) is 0. The van der Waals surface area contributed by atoms with Gasteiger partial charge in [0, 0.05) is 0 Å². The van der Waals surface area contributed by atoms with Crippen LogP contribution in [0.4, 0.5) is 0 Å². The molecule has 1 aromatic heterocycles. The van der Waals surface area contributed by atoms with E-state index in [2.05, 4.69) is 52.4 Å². The van der Waals surface area contributed by atoms with Crippen molar-refractivity contribution in [2.45, 2.75) is 13.5 Å². The van der Waals surface area contributed by atoms with Gasteiger partial charge in [-0.05, 0) is 43.3 Å². The SMILES string of the molecule is Cc1c(-c2ccc(O)cc2)n(Cc2ccc(OCCN(C)[I-]I)cc2)c2ccc(O)cc12. The molecule has 0 radical (unpaired) electrons. The standard InChI is InChI=1S/C25H25I2N2O3/c1-17-23-15-21(31)9-12-24(23)29(25(17)19-5-7-20(30)8-6-19)16-18-3-10-22(11-4-18)32-14-13-28(2)27-26/h3-12,15,30-31H,13-14,16H2,1-2H3/q-1. The van der Waals surface area contributed by atoms with Gasteiger partial charge in [0.15, 0.2) is 0 Å². The number of benzene rings is 3. The summed E-state index contributed by atoms with van der Waals surface area (Å²) >= 11 is 2.53. The Morgan fingerprint density at radius 1 is 0.969 bits per heavy atom. The van der Waals surface area contributed by atoms with Gasteiger partial charge >= 0.3 is 145 Å². The number of rotatable bonds is 8. The van der Waals surface area contributed by atoms with Crippen LogP contribution in [-0.4, -0.2) is 38.1 Å². The molecule has 0 bridgehead atoms. The number of hydrogen-bond acceptors (Lipinski definition) is 4. The Morgan fingerprint density at radius 2 is 1.66 bits per heavy atom. The van der Waals surface area contributed by atoms with Crippen molar-refractivity contribution < 1.29 is 32.5 Å². The summed E-state index contributed by atoms with van der Waals surface area (Å²) in [6, 6.07) is 21.0. The summed E-state index contributed by atoms with van der Waals surface area (Å²) in [7, 11) is 2.13. The summed E-state index contributed by atoms with van der Waals surface area (Å²) in [6.45, 7) is 4.39. The van der Waals surface area contributed by atoms with Gasteiger partial charge in [0.2, 0.25) is 0 Å². The number of fused-ring (bicyclic) bond motifs is 1. The Balaban J connectivity index is 1.65. The Morgan fingerprint density at radius 3 is 2.34 bits per heavy atom. The molecule has 0 unspecified atom stereocenters. The van der Waals surface area contributed by atoms with E-state index in [1.807, 2.05) is 36.4 Å². The summed E-state index contributed by atoms with van der Waals surface area (Å²) in [5, 5.41) is 20.8. The monoisotopic (exact) mass is 655 g/mol. The van der Waals surface area contributed by atoms with Crippen LogP contribution in [-0.2, 0) is 6.54 Å². The van der Waals surface area contributed by atoms with E-state index < -0.39 is 0 Å². The number of nitrogens with zero attached hydrogens (tertiary/aromatic N) is 2. The smallest absolute Gasteiger partial charge is 0.508 e. The van der Waals surface area contributed by atoms with E-state index in [1.54, 1.807) is 18.2 Å². The van der Waals surface area contributed by atoms with Crippen molar-refractivity contribution in [2.24, 2.45) is 0 Å². The molecule has 0 aliphatic heterocycles. The van der Waals surface area contributed by atoms with Gasteiger partial charge in [-0.25, -0.2) is 0 Å². The summed E-state index contributed by atoms with van der Waals surface area (Å²) in [5.74, 6) is 1.38. The molecule has 5 nitrogen and oxygen atoms in total. The van der Waals surface area contributed by atoms with E-state index in [-0.39, 0.29) is 29.0 Å². The van der Waals surface area contributed by atoms with Gasteiger partial charge in [0.1, 0.15) is 11.5 Å². The van der Waals surface area contributed by atoms with Crippen molar-refractivity contribution in [3.8, 4) is 28.5 Å². The molecule has 168 valence electrons. The van der Waals surface area contributed by atoms with Gasteiger partial charge in [0.05, 0.1) is 0 Å². The minimum absolute atomic E-state index is 0.0788. The van der Waals surface area contributed by atoms with Gasteiger partial charge < -0.3 is 10.2 Å². The average Bonchev–Trinajstić information content (AvgIpc) is 3.06. The van der Waals surface area contributed by atoms with Gasteiger partial charge in [-0.3, -0.25) is 0 Å². The Kier molecular flexibility index (Phi) is 7.47. The van der Waals surface area contributed by atoms with Gasteiger partial charge in [-0.2, -0.15) is 0 Å². The normalized spacial score (nSPS) is 11.5. The topological polar surface area (TPSA) is 57.9 Å². The molecule has 1 heterocycles. The first-order valence-corrected chi connectivity index (χ1v) is 17.5. The maximum absolute atomic E-state index is 10.0. The molecule has 0 spiro atoms. The fourth-order valence-electron chi connectivity index (χ4n) is 3.86. The molecule has 7 heteroatoms. The molecular formula is C25H25I2N2O3-. The Labute approximate surface area is 208 Å². The number of halogens is 2. The number of ether oxygens (including phenoxy) is 1. The second-order valence-corrected chi connectivity index (χ2v) is 12.2. The molecule has 0 saturated heterocycles. The summed E-state index contributed by atoms with van der Waals surface area (Å²) in [4.78, 5) is 0. The summed E-state index contributed by atoms with van der Waals surface area (Å²) in [5.41, 5.74) is 5.43. The first kappa shape index (κ1) is 23.2. The third kappa shape index (κ3) is 5.15. The molecule has 0 amide bonds. The van der Waals surface area contributed by atoms with Crippen molar-refractivity contribution in [2.75, 3.05) is 20.2 Å². The number of likely N-dealkylation sites (N-methyl/N-ethyl adjacent to an activating group) is 1. The van der Waals surface area contributed by atoms with E-state index in [9.17, 15) is 10.2 Å². The van der Waals surface area contributed by atoms with Crippen molar-refractivity contribution in [3.05, 3.63) is 77.9 Å². The predicted molar refractivity (Wildman–Crippen MR) is 133 cm³/mol. The fraction of sp³-hybridized carbons (Fsp3) is 0.200. The zero-order valence-electron chi connectivity index (χ0n) is 17.9. The van der Waals surface area contributed by atoms with Crippen molar-refractivity contribution in [1.82, 2.24) is 7.68 Å². The molecule has 0 aliphatic rings. The minimum atomic E-state index is 0.0788. The first-order valence-electron chi connectivity index (χ1n) is 10.3. The third-order valence-electron chi connectivity index (χ3n) is 5.48. The van der Waals surface area contributed by atoms with Crippen LogP contribution in [0, 0.1) is 6.92 Å². The molecule has 4 rings (SSSR count). The maximum atomic E-state index is 10.0. The van der Waals surface area contributed by atoms with Crippen LogP contribution in [0.25, 0.3) is 22.2 Å². The van der Waals surface area contributed by atoms with E-state index in [1.165, 1.54) is 0 Å². The molecule has 32 heavy (non-hydrogen) atoms. The fourth-order valence-corrected chi connectivity index (χ4v) is 5.46. The second kappa shape index (κ2) is 10.3.